The molecule has 298 valence electrons. The maximum absolute atomic E-state index is 4.86. The van der Waals surface area contributed by atoms with Crippen LogP contribution in [0.5, 0.6) is 0 Å². The summed E-state index contributed by atoms with van der Waals surface area (Å²) in [5, 5.41) is 3.10. The third kappa shape index (κ3) is 23.0. The Morgan fingerprint density at radius 1 is 0.904 bits per heavy atom. The predicted octanol–water partition coefficient (Wildman–Crippen LogP) is 12.0. The number of aliphatic imine (C=N–C) groups is 1. The van der Waals surface area contributed by atoms with Crippen LogP contribution in [0.25, 0.3) is 0 Å². The van der Waals surface area contributed by atoms with Gasteiger partial charge in [-0.2, -0.15) is 0 Å². The second-order valence-corrected chi connectivity index (χ2v) is 14.4. The van der Waals surface area contributed by atoms with E-state index in [1.807, 2.05) is 13.1 Å². The zero-order valence-corrected chi connectivity index (χ0v) is 36.3. The summed E-state index contributed by atoms with van der Waals surface area (Å²) in [7, 11) is 0. The lowest BCUT2D eigenvalue weighted by molar-refractivity contribution is 0.0445. The molecule has 0 aromatic carbocycles. The molecule has 0 radical (unpaired) electrons. The van der Waals surface area contributed by atoms with Crippen molar-refractivity contribution in [2.24, 2.45) is 10.9 Å². The summed E-state index contributed by atoms with van der Waals surface area (Å²) in [5.74, 6) is 0.882. The number of allylic oxidation sites excluding steroid dienone is 7. The minimum absolute atomic E-state index is 0.628. The first kappa shape index (κ1) is 51.3. The molecule has 0 spiro atoms. The summed E-state index contributed by atoms with van der Waals surface area (Å²) in [4.78, 5) is 12.4. The fourth-order valence-corrected chi connectivity index (χ4v) is 6.38. The minimum Gasteiger partial charge on any atom is -0.378 e. The predicted molar refractivity (Wildman–Crippen MR) is 237 cm³/mol. The van der Waals surface area contributed by atoms with Crippen LogP contribution in [0.15, 0.2) is 77.8 Å². The fourth-order valence-electron chi connectivity index (χ4n) is 6.38. The van der Waals surface area contributed by atoms with Crippen molar-refractivity contribution >= 4 is 5.71 Å². The third-order valence-electron chi connectivity index (χ3n) is 9.95. The van der Waals surface area contributed by atoms with Crippen molar-refractivity contribution in [3.8, 4) is 12.8 Å². The molecule has 52 heavy (non-hydrogen) atoms. The standard InChI is InChI=1S/C26H47N3.C9H16.C7H13N.C3H7N.C2H2/c1-9-14-17-25-20-28(18-19-29(25)24(15-10-2)16-11-3)23(8)22(7)27-26(13-5)21(6)12-4;1-4-7-8-9(5-2)6-3;1-3-8-5-4-7(2)6-8;1-3-2-4-3;1-2/h13,24-25H,6,8-12,14-20H2,1-5,7H3;5,7-8H,4,6H2,1-3H3;3,7H,1,4-6H2,2H3;3-4H,2H2,1H3;1-2H/b26-13-,27-22?;8-7-,9-5-;;;. The number of unbranched alkanes of at least 4 members (excludes halogenated alkanes) is 1. The van der Waals surface area contributed by atoms with Crippen molar-refractivity contribution in [2.75, 3.05) is 39.3 Å². The minimum atomic E-state index is 0.628. The first-order chi connectivity index (χ1) is 25.0. The Labute approximate surface area is 325 Å². The molecule has 0 amide bonds. The van der Waals surface area contributed by atoms with Crippen molar-refractivity contribution in [1.29, 1.82) is 0 Å². The highest BCUT2D eigenvalue weighted by molar-refractivity contribution is 5.98. The Morgan fingerprint density at radius 2 is 1.52 bits per heavy atom. The van der Waals surface area contributed by atoms with E-state index < -0.39 is 0 Å². The average Bonchev–Trinajstić information content (AvgIpc) is 3.85. The molecule has 3 heterocycles. The molecule has 3 atom stereocenters. The van der Waals surface area contributed by atoms with E-state index in [4.69, 9.17) is 4.99 Å². The topological polar surface area (TPSA) is 44.0 Å². The number of nitrogens with one attached hydrogen (secondary N) is 1. The summed E-state index contributed by atoms with van der Waals surface area (Å²) in [6, 6.07) is 2.20. The van der Waals surface area contributed by atoms with Gasteiger partial charge in [-0.15, -0.1) is 12.8 Å². The molecule has 1 N–H and O–H groups in total. The van der Waals surface area contributed by atoms with E-state index in [9.17, 15) is 0 Å². The van der Waals surface area contributed by atoms with Gasteiger partial charge in [0.25, 0.3) is 0 Å². The van der Waals surface area contributed by atoms with E-state index in [1.165, 1.54) is 76.6 Å². The van der Waals surface area contributed by atoms with Crippen LogP contribution in [0.2, 0.25) is 0 Å². The molecule has 3 unspecified atom stereocenters. The zero-order valence-electron chi connectivity index (χ0n) is 36.3. The molecular weight excluding hydrogens is 635 g/mol. The largest absolute Gasteiger partial charge is 0.378 e. The molecule has 0 saturated carbocycles. The van der Waals surface area contributed by atoms with Gasteiger partial charge in [-0.1, -0.05) is 124 Å². The molecular formula is C47H85N5. The van der Waals surface area contributed by atoms with Crippen molar-refractivity contribution in [2.45, 2.75) is 165 Å². The summed E-state index contributed by atoms with van der Waals surface area (Å²) >= 11 is 0. The van der Waals surface area contributed by atoms with Gasteiger partial charge in [0.15, 0.2) is 0 Å². The van der Waals surface area contributed by atoms with Gasteiger partial charge >= 0.3 is 0 Å². The van der Waals surface area contributed by atoms with Crippen LogP contribution >= 0.6 is 0 Å². The van der Waals surface area contributed by atoms with Crippen LogP contribution in [0.1, 0.15) is 147 Å². The first-order valence-electron chi connectivity index (χ1n) is 20.8. The second kappa shape index (κ2) is 32.8. The van der Waals surface area contributed by atoms with Crippen molar-refractivity contribution in [1.82, 2.24) is 20.0 Å². The van der Waals surface area contributed by atoms with Gasteiger partial charge in [-0.3, -0.25) is 9.89 Å². The molecule has 3 rings (SSSR count). The number of terminal acetylenes is 1. The molecule has 0 aliphatic carbocycles. The van der Waals surface area contributed by atoms with Gasteiger partial charge in [-0.05, 0) is 90.3 Å². The molecule has 3 aliphatic heterocycles. The van der Waals surface area contributed by atoms with E-state index in [-0.39, 0.29) is 0 Å². The number of nitrogens with zero attached hydrogens (tertiary/aromatic N) is 4. The van der Waals surface area contributed by atoms with E-state index in [0.717, 1.165) is 79.6 Å². The molecule has 3 fully saturated rings. The van der Waals surface area contributed by atoms with Gasteiger partial charge in [0.05, 0.1) is 17.1 Å². The van der Waals surface area contributed by atoms with Crippen LogP contribution in [-0.4, -0.2) is 77.8 Å². The SMILES string of the molecule is C#C.C/C=C(\C=C/CC)CC.C=C(CC)/C(=C/C)N=C(C)C(=C)N1CCN(C(CCC)CCC)C(CCCC)C1.C=CN1CCC(C)C1.CC1CN1. The van der Waals surface area contributed by atoms with Crippen molar-refractivity contribution in [3.63, 3.8) is 0 Å². The van der Waals surface area contributed by atoms with Crippen LogP contribution in [-0.2, 0) is 0 Å². The number of piperazine rings is 1. The fraction of sp³-hybridized carbons (Fsp3) is 0.681. The van der Waals surface area contributed by atoms with Crippen molar-refractivity contribution < 1.29 is 0 Å². The van der Waals surface area contributed by atoms with Crippen LogP contribution in [0.3, 0.4) is 0 Å². The van der Waals surface area contributed by atoms with Crippen LogP contribution in [0, 0.1) is 18.8 Å². The number of hydrogen-bond acceptors (Lipinski definition) is 5. The molecule has 5 nitrogen and oxygen atoms in total. The normalized spacial score (nSPS) is 20.4. The number of hydrogen-bond donors (Lipinski definition) is 1. The van der Waals surface area contributed by atoms with Gasteiger partial charge < -0.3 is 15.1 Å². The quantitative estimate of drug-likeness (QED) is 0.0703. The van der Waals surface area contributed by atoms with Gasteiger partial charge in [0.1, 0.15) is 0 Å². The monoisotopic (exact) mass is 720 g/mol. The van der Waals surface area contributed by atoms with Crippen LogP contribution < -0.4 is 5.32 Å². The highest BCUT2D eigenvalue weighted by atomic mass is 15.3. The lowest BCUT2D eigenvalue weighted by Crippen LogP contribution is -2.56. The third-order valence-corrected chi connectivity index (χ3v) is 9.95. The first-order valence-corrected chi connectivity index (χ1v) is 20.8. The zero-order chi connectivity index (χ0) is 39.9. The van der Waals surface area contributed by atoms with Gasteiger partial charge in [-0.25, -0.2) is 0 Å². The van der Waals surface area contributed by atoms with Crippen LogP contribution in [0.4, 0.5) is 0 Å². The lowest BCUT2D eigenvalue weighted by Gasteiger charge is -2.47. The molecule has 5 heteroatoms. The molecule has 0 aromatic rings. The van der Waals surface area contributed by atoms with Crippen molar-refractivity contribution in [3.05, 3.63) is 72.8 Å². The Hall–Kier alpha value is -2.81. The van der Waals surface area contributed by atoms with E-state index >= 15 is 0 Å². The van der Waals surface area contributed by atoms with E-state index in [2.05, 4.69) is 146 Å². The summed E-state index contributed by atoms with van der Waals surface area (Å²) in [5.41, 5.74) is 5.62. The second-order valence-electron chi connectivity index (χ2n) is 14.4. The van der Waals surface area contributed by atoms with E-state index in [1.54, 1.807) is 0 Å². The highest BCUT2D eigenvalue weighted by Gasteiger charge is 2.31. The Bertz CT molecular complexity index is 1080. The summed E-state index contributed by atoms with van der Waals surface area (Å²) in [6.07, 6.45) is 32.1. The highest BCUT2D eigenvalue weighted by Crippen LogP contribution is 2.26. The lowest BCUT2D eigenvalue weighted by atomic mass is 9.97. The maximum Gasteiger partial charge on any atom is 0.0617 e. The summed E-state index contributed by atoms with van der Waals surface area (Å²) in [6.45, 7) is 43.3. The smallest absolute Gasteiger partial charge is 0.0617 e. The van der Waals surface area contributed by atoms with Gasteiger partial charge in [0.2, 0.25) is 0 Å². The average molecular weight is 720 g/mol. The maximum atomic E-state index is 4.86. The number of likely N-dealkylation sites (tertiary alicyclic amines) is 1. The summed E-state index contributed by atoms with van der Waals surface area (Å²) < 4.78 is 0. The number of rotatable bonds is 17. The molecule has 0 aromatic heterocycles. The molecule has 0 bridgehead atoms. The molecule has 3 saturated heterocycles. The van der Waals surface area contributed by atoms with E-state index in [0.29, 0.717) is 6.04 Å². The Kier molecular flexibility index (Phi) is 32.4. The molecule has 3 aliphatic rings. The Balaban J connectivity index is 0. The van der Waals surface area contributed by atoms with Gasteiger partial charge in [0, 0.05) is 57.4 Å². The Morgan fingerprint density at radius 3 is 1.90 bits per heavy atom.